The third kappa shape index (κ3) is 5.20. The van der Waals surface area contributed by atoms with Gasteiger partial charge in [-0.2, -0.15) is 0 Å². The molecule has 290 valence electrons. The maximum absolute atomic E-state index is 6.99. The van der Waals surface area contributed by atoms with Crippen LogP contribution >= 0.6 is 0 Å². The van der Waals surface area contributed by atoms with E-state index >= 15 is 0 Å². The van der Waals surface area contributed by atoms with E-state index in [1.165, 1.54) is 27.2 Å². The molecule has 4 nitrogen and oxygen atoms in total. The zero-order valence-electron chi connectivity index (χ0n) is 33.5. The van der Waals surface area contributed by atoms with Gasteiger partial charge in [-0.15, -0.1) is 0 Å². The van der Waals surface area contributed by atoms with Crippen LogP contribution in [0.5, 0.6) is 0 Å². The van der Waals surface area contributed by atoms with Gasteiger partial charge in [-0.1, -0.05) is 146 Å². The zero-order valence-corrected chi connectivity index (χ0v) is 33.5. The molecule has 0 saturated carbocycles. The Balaban J connectivity index is 1.10. The number of fused-ring (bicyclic) bond motifs is 10. The van der Waals surface area contributed by atoms with E-state index in [4.69, 9.17) is 8.83 Å². The molecule has 0 unspecified atom stereocenters. The van der Waals surface area contributed by atoms with Gasteiger partial charge >= 0.3 is 0 Å². The molecule has 0 fully saturated rings. The predicted octanol–water partition coefficient (Wildman–Crippen LogP) is 16.5. The van der Waals surface area contributed by atoms with Crippen molar-refractivity contribution in [2.24, 2.45) is 0 Å². The molecular formula is C58H36N2O2. The van der Waals surface area contributed by atoms with E-state index in [0.29, 0.717) is 0 Å². The summed E-state index contributed by atoms with van der Waals surface area (Å²) >= 11 is 0. The average molecular weight is 793 g/mol. The van der Waals surface area contributed by atoms with Crippen molar-refractivity contribution in [3.8, 4) is 27.9 Å². The topological polar surface area (TPSA) is 34.5 Å². The molecule has 3 heterocycles. The fourth-order valence-corrected chi connectivity index (χ4v) is 9.88. The summed E-state index contributed by atoms with van der Waals surface area (Å²) in [5, 5.41) is 9.17. The van der Waals surface area contributed by atoms with Crippen molar-refractivity contribution in [3.05, 3.63) is 218 Å². The zero-order chi connectivity index (χ0) is 40.7. The van der Waals surface area contributed by atoms with Gasteiger partial charge in [-0.05, 0) is 94.9 Å². The molecule has 0 atom stereocenters. The minimum absolute atomic E-state index is 0.846. The van der Waals surface area contributed by atoms with Crippen LogP contribution in [0.4, 0.5) is 17.1 Å². The summed E-state index contributed by atoms with van der Waals surface area (Å²) in [6.07, 6.45) is 0. The molecule has 0 aliphatic carbocycles. The lowest BCUT2D eigenvalue weighted by molar-refractivity contribution is 0.669. The van der Waals surface area contributed by atoms with Crippen LogP contribution in [0.1, 0.15) is 0 Å². The number of nitrogens with zero attached hydrogens (tertiary/aromatic N) is 2. The Kier molecular flexibility index (Phi) is 7.57. The van der Waals surface area contributed by atoms with E-state index in [2.05, 4.69) is 210 Å². The lowest BCUT2D eigenvalue weighted by Crippen LogP contribution is -2.12. The summed E-state index contributed by atoms with van der Waals surface area (Å²) in [5.41, 5.74) is 14.3. The first kappa shape index (κ1) is 34.5. The fraction of sp³-hybridized carbons (Fsp3) is 0. The summed E-state index contributed by atoms with van der Waals surface area (Å²) in [7, 11) is 0. The number of benzene rings is 10. The Hall–Kier alpha value is -8.34. The van der Waals surface area contributed by atoms with E-state index < -0.39 is 0 Å². The number of aromatic nitrogens is 1. The maximum atomic E-state index is 6.99. The third-order valence-corrected chi connectivity index (χ3v) is 12.6. The number of furan rings is 2. The lowest BCUT2D eigenvalue weighted by atomic mass is 9.96. The van der Waals surface area contributed by atoms with Gasteiger partial charge < -0.3 is 18.3 Å². The third-order valence-electron chi connectivity index (χ3n) is 12.6. The van der Waals surface area contributed by atoms with Crippen LogP contribution in [-0.4, -0.2) is 4.57 Å². The minimum atomic E-state index is 0.846. The van der Waals surface area contributed by atoms with Crippen LogP contribution in [0.25, 0.3) is 104 Å². The molecule has 0 radical (unpaired) electrons. The molecule has 0 bridgehead atoms. The van der Waals surface area contributed by atoms with Crippen molar-refractivity contribution in [1.82, 2.24) is 4.57 Å². The lowest BCUT2D eigenvalue weighted by Gasteiger charge is -2.29. The average Bonchev–Trinajstić information content (AvgIpc) is 4.02. The second kappa shape index (κ2) is 13.6. The van der Waals surface area contributed by atoms with E-state index in [0.717, 1.165) is 94.3 Å². The fourth-order valence-electron chi connectivity index (χ4n) is 9.88. The highest BCUT2D eigenvalue weighted by molar-refractivity contribution is 6.16. The van der Waals surface area contributed by atoms with Crippen LogP contribution < -0.4 is 4.90 Å². The van der Waals surface area contributed by atoms with E-state index in [1.807, 2.05) is 18.2 Å². The van der Waals surface area contributed by atoms with Crippen LogP contribution in [0.15, 0.2) is 227 Å². The number of rotatable bonds is 6. The molecule has 0 saturated heterocycles. The van der Waals surface area contributed by atoms with Gasteiger partial charge in [0.15, 0.2) is 0 Å². The molecular weight excluding hydrogens is 757 g/mol. The molecule has 62 heavy (non-hydrogen) atoms. The molecule has 0 spiro atoms. The standard InChI is InChI=1S/C58H36N2O2/c1-2-21-42-37(15-1)16-13-29-49(42)60(40-19-11-17-38(35-40)43-26-14-32-55-57(43)48-25-6-10-31-54(48)61-55)52-34-33-47-46-24-5-9-30-53(46)62-58(47)56(52)39-18-12-20-41(36-39)59-50-27-7-3-22-44(50)45-23-4-8-28-51(45)59/h1-36H. The van der Waals surface area contributed by atoms with Crippen LogP contribution in [0.3, 0.4) is 0 Å². The van der Waals surface area contributed by atoms with Gasteiger partial charge in [0.25, 0.3) is 0 Å². The number of hydrogen-bond donors (Lipinski definition) is 0. The van der Waals surface area contributed by atoms with Gasteiger partial charge in [-0.25, -0.2) is 0 Å². The number of anilines is 3. The molecule has 13 aromatic rings. The van der Waals surface area contributed by atoms with Gasteiger partial charge in [0.05, 0.1) is 22.4 Å². The molecule has 4 heteroatoms. The monoisotopic (exact) mass is 792 g/mol. The quantitative estimate of drug-likeness (QED) is 0.168. The van der Waals surface area contributed by atoms with Gasteiger partial charge in [-0.3, -0.25) is 0 Å². The minimum Gasteiger partial charge on any atom is -0.456 e. The van der Waals surface area contributed by atoms with E-state index in [9.17, 15) is 0 Å². The smallest absolute Gasteiger partial charge is 0.145 e. The Morgan fingerprint density at radius 1 is 0.371 bits per heavy atom. The van der Waals surface area contributed by atoms with Gasteiger partial charge in [0, 0.05) is 54.6 Å². The summed E-state index contributed by atoms with van der Waals surface area (Å²) < 4.78 is 15.7. The van der Waals surface area contributed by atoms with Crippen LogP contribution in [0, 0.1) is 0 Å². The second-order valence-corrected chi connectivity index (χ2v) is 16.0. The summed E-state index contributed by atoms with van der Waals surface area (Å²) in [6, 6.07) is 78.0. The Morgan fingerprint density at radius 3 is 1.81 bits per heavy atom. The van der Waals surface area contributed by atoms with E-state index in [1.54, 1.807) is 0 Å². The van der Waals surface area contributed by atoms with Crippen molar-refractivity contribution in [2.75, 3.05) is 4.90 Å². The second-order valence-electron chi connectivity index (χ2n) is 16.0. The summed E-state index contributed by atoms with van der Waals surface area (Å²) in [4.78, 5) is 2.43. The predicted molar refractivity (Wildman–Crippen MR) is 258 cm³/mol. The molecule has 10 aromatic carbocycles. The normalized spacial score (nSPS) is 11.9. The SMILES string of the molecule is c1cc(-c2cccc3oc4ccccc4c23)cc(N(c2ccc3c(oc4ccccc43)c2-c2cccc(-n3c4ccccc4c4ccccc43)c2)c2cccc3ccccc23)c1. The highest BCUT2D eigenvalue weighted by atomic mass is 16.3. The first-order chi connectivity index (χ1) is 30.8. The first-order valence-corrected chi connectivity index (χ1v) is 21.1. The van der Waals surface area contributed by atoms with Crippen molar-refractivity contribution in [3.63, 3.8) is 0 Å². The Labute approximate surface area is 356 Å². The van der Waals surface area contributed by atoms with Crippen LogP contribution in [-0.2, 0) is 0 Å². The van der Waals surface area contributed by atoms with Gasteiger partial charge in [0.2, 0.25) is 0 Å². The molecule has 13 rings (SSSR count). The van der Waals surface area contributed by atoms with E-state index in [-0.39, 0.29) is 0 Å². The molecule has 3 aromatic heterocycles. The van der Waals surface area contributed by atoms with Crippen molar-refractivity contribution >= 4 is 93.5 Å². The van der Waals surface area contributed by atoms with Crippen LogP contribution in [0.2, 0.25) is 0 Å². The summed E-state index contributed by atoms with van der Waals surface area (Å²) in [5.74, 6) is 0. The Bertz CT molecular complexity index is 3840. The molecule has 0 aliphatic rings. The Morgan fingerprint density at radius 2 is 0.984 bits per heavy atom. The summed E-state index contributed by atoms with van der Waals surface area (Å²) in [6.45, 7) is 0. The van der Waals surface area contributed by atoms with Gasteiger partial charge in [0.1, 0.15) is 22.3 Å². The first-order valence-electron chi connectivity index (χ1n) is 21.1. The molecule has 0 N–H and O–H groups in total. The number of para-hydroxylation sites is 4. The number of hydrogen-bond acceptors (Lipinski definition) is 3. The van der Waals surface area contributed by atoms with Crippen molar-refractivity contribution in [1.29, 1.82) is 0 Å². The maximum Gasteiger partial charge on any atom is 0.145 e. The van der Waals surface area contributed by atoms with Crippen molar-refractivity contribution in [2.45, 2.75) is 0 Å². The highest BCUT2D eigenvalue weighted by Gasteiger charge is 2.25. The molecule has 0 amide bonds. The molecule has 0 aliphatic heterocycles. The largest absolute Gasteiger partial charge is 0.456 e. The van der Waals surface area contributed by atoms with Crippen molar-refractivity contribution < 1.29 is 8.83 Å². The highest BCUT2D eigenvalue weighted by Crippen LogP contribution is 2.49.